The van der Waals surface area contributed by atoms with Gasteiger partial charge in [0.05, 0.1) is 26.4 Å². The first-order chi connectivity index (χ1) is 43.4. The lowest BCUT2D eigenvalue weighted by Gasteiger charge is -2.21. The first-order valence-corrected chi connectivity index (χ1v) is 40.1. The third-order valence-electron chi connectivity index (χ3n) is 17.2. The Hall–Kier alpha value is -1.94. The quantitative estimate of drug-likeness (QED) is 0.0222. The Bertz CT molecular complexity index is 1760. The fourth-order valence-electron chi connectivity index (χ4n) is 10.7. The Morgan fingerprint density at radius 3 is 0.789 bits per heavy atom. The van der Waals surface area contributed by atoms with Crippen molar-refractivity contribution in [2.24, 2.45) is 11.8 Å². The number of aliphatic hydroxyl groups is 1. The summed E-state index contributed by atoms with van der Waals surface area (Å²) in [5.41, 5.74) is 0. The van der Waals surface area contributed by atoms with E-state index in [-0.39, 0.29) is 25.7 Å². The molecule has 17 nitrogen and oxygen atoms in total. The van der Waals surface area contributed by atoms with Gasteiger partial charge in [-0.25, -0.2) is 9.13 Å². The second-order valence-electron chi connectivity index (χ2n) is 26.1. The van der Waals surface area contributed by atoms with Gasteiger partial charge in [-0.3, -0.25) is 37.3 Å². The van der Waals surface area contributed by atoms with Crippen LogP contribution in [0.1, 0.15) is 363 Å². The van der Waals surface area contributed by atoms with Crippen molar-refractivity contribution in [2.75, 3.05) is 39.6 Å². The summed E-state index contributed by atoms with van der Waals surface area (Å²) in [5, 5.41) is 10.6. The number of phosphoric acid groups is 2. The van der Waals surface area contributed by atoms with E-state index in [0.29, 0.717) is 25.7 Å². The number of unbranched alkanes of at least 4 members (excludes halogenated alkanes) is 38. The molecule has 0 aliphatic carbocycles. The highest BCUT2D eigenvalue weighted by Gasteiger charge is 2.30. The van der Waals surface area contributed by atoms with E-state index in [1.54, 1.807) is 0 Å². The Kier molecular flexibility index (Phi) is 61.8. The molecule has 0 aliphatic heterocycles. The maximum Gasteiger partial charge on any atom is 0.472 e. The number of aliphatic hydroxyl groups excluding tert-OH is 1. The van der Waals surface area contributed by atoms with Crippen LogP contribution in [0.15, 0.2) is 0 Å². The average molecular weight is 1330 g/mol. The lowest BCUT2D eigenvalue weighted by Crippen LogP contribution is -2.30. The monoisotopic (exact) mass is 1320 g/mol. The third kappa shape index (κ3) is 62.2. The molecule has 0 aromatic rings. The van der Waals surface area contributed by atoms with E-state index < -0.39 is 97.5 Å². The smallest absolute Gasteiger partial charge is 0.462 e. The number of esters is 4. The van der Waals surface area contributed by atoms with Crippen LogP contribution in [0.5, 0.6) is 0 Å². The van der Waals surface area contributed by atoms with Crippen LogP contribution in [0.4, 0.5) is 0 Å². The van der Waals surface area contributed by atoms with Gasteiger partial charge in [-0.2, -0.15) is 0 Å². The Morgan fingerprint density at radius 1 is 0.311 bits per heavy atom. The van der Waals surface area contributed by atoms with Gasteiger partial charge in [0.25, 0.3) is 0 Å². The molecule has 0 spiro atoms. The first-order valence-electron chi connectivity index (χ1n) is 37.1. The fraction of sp³-hybridized carbons (Fsp3) is 0.944. The summed E-state index contributed by atoms with van der Waals surface area (Å²) < 4.78 is 68.2. The zero-order valence-corrected chi connectivity index (χ0v) is 60.2. The molecule has 0 aliphatic rings. The summed E-state index contributed by atoms with van der Waals surface area (Å²) in [5.74, 6) is -0.526. The molecule has 0 aromatic carbocycles. The molecule has 0 bridgehead atoms. The average Bonchev–Trinajstić information content (AvgIpc) is 3.69. The van der Waals surface area contributed by atoms with Crippen LogP contribution in [-0.4, -0.2) is 96.7 Å². The minimum Gasteiger partial charge on any atom is -0.462 e. The van der Waals surface area contributed by atoms with Crippen LogP contribution in [0, 0.1) is 11.8 Å². The van der Waals surface area contributed by atoms with E-state index in [1.807, 2.05) is 0 Å². The number of carbonyl (C=O) groups is 4. The predicted molar refractivity (Wildman–Crippen MR) is 363 cm³/mol. The van der Waals surface area contributed by atoms with Crippen LogP contribution in [0.2, 0.25) is 0 Å². The molecule has 19 heteroatoms. The molecular formula is C71H138O17P2. The number of hydrogen-bond donors (Lipinski definition) is 3. The highest BCUT2D eigenvalue weighted by Crippen LogP contribution is 2.45. The van der Waals surface area contributed by atoms with E-state index >= 15 is 0 Å². The van der Waals surface area contributed by atoms with E-state index in [0.717, 1.165) is 115 Å². The first kappa shape index (κ1) is 88.1. The minimum absolute atomic E-state index is 0.106. The van der Waals surface area contributed by atoms with Gasteiger partial charge in [-0.15, -0.1) is 0 Å². The molecule has 0 aromatic heterocycles. The van der Waals surface area contributed by atoms with E-state index in [4.69, 9.17) is 37.0 Å². The maximum absolute atomic E-state index is 13.0. The van der Waals surface area contributed by atoms with E-state index in [2.05, 4.69) is 41.5 Å². The minimum atomic E-state index is -4.95. The van der Waals surface area contributed by atoms with Crippen molar-refractivity contribution >= 4 is 39.5 Å². The van der Waals surface area contributed by atoms with Crippen molar-refractivity contribution < 1.29 is 80.2 Å². The molecule has 0 heterocycles. The van der Waals surface area contributed by atoms with Crippen molar-refractivity contribution in [1.29, 1.82) is 0 Å². The second kappa shape index (κ2) is 63.1. The Balaban J connectivity index is 5.12. The molecule has 3 N–H and O–H groups in total. The van der Waals surface area contributed by atoms with Crippen LogP contribution >= 0.6 is 15.6 Å². The van der Waals surface area contributed by atoms with Gasteiger partial charge in [-0.05, 0) is 37.5 Å². The van der Waals surface area contributed by atoms with Gasteiger partial charge in [0, 0.05) is 25.7 Å². The summed E-state index contributed by atoms with van der Waals surface area (Å²) in [7, 11) is -9.89. The van der Waals surface area contributed by atoms with Crippen LogP contribution in [-0.2, 0) is 65.4 Å². The molecule has 534 valence electrons. The van der Waals surface area contributed by atoms with Gasteiger partial charge in [-0.1, -0.05) is 311 Å². The molecule has 0 saturated heterocycles. The number of rotatable bonds is 70. The summed E-state index contributed by atoms with van der Waals surface area (Å²) in [6.07, 6.45) is 48.7. The molecule has 7 atom stereocenters. The molecule has 4 unspecified atom stereocenters. The van der Waals surface area contributed by atoms with Crippen molar-refractivity contribution in [3.63, 3.8) is 0 Å². The summed E-state index contributed by atoms with van der Waals surface area (Å²) in [6.45, 7) is 9.54. The van der Waals surface area contributed by atoms with E-state index in [1.165, 1.54) is 167 Å². The van der Waals surface area contributed by atoms with Gasteiger partial charge < -0.3 is 33.8 Å². The van der Waals surface area contributed by atoms with Crippen molar-refractivity contribution in [2.45, 2.75) is 381 Å². The van der Waals surface area contributed by atoms with Crippen molar-refractivity contribution in [3.05, 3.63) is 0 Å². The van der Waals surface area contributed by atoms with Gasteiger partial charge in [0.2, 0.25) is 0 Å². The van der Waals surface area contributed by atoms with Crippen molar-refractivity contribution in [3.8, 4) is 0 Å². The van der Waals surface area contributed by atoms with E-state index in [9.17, 15) is 43.2 Å². The highest BCUT2D eigenvalue weighted by atomic mass is 31.2. The van der Waals surface area contributed by atoms with Gasteiger partial charge in [0.15, 0.2) is 12.2 Å². The van der Waals surface area contributed by atoms with Gasteiger partial charge >= 0.3 is 39.5 Å². The molecule has 0 saturated carbocycles. The SMILES string of the molecule is CCCCCCCCCCCCC(=O)O[C@H](COC(=O)CCCCCCCCCC)COP(=O)(O)OC[C@H](O)COP(=O)(O)OC[C@@H](COC(=O)CCCCCCCCC(C)CC)OC(=O)CCCCCCCCCCCCCCCCCCCCC(C)CC. The Morgan fingerprint density at radius 2 is 0.533 bits per heavy atom. The summed E-state index contributed by atoms with van der Waals surface area (Å²) in [4.78, 5) is 72.4. The van der Waals surface area contributed by atoms with Crippen molar-refractivity contribution in [1.82, 2.24) is 0 Å². The highest BCUT2D eigenvalue weighted by molar-refractivity contribution is 7.47. The van der Waals surface area contributed by atoms with Crippen LogP contribution in [0.25, 0.3) is 0 Å². The standard InChI is InChI=1S/C71H138O17P2/c1-7-11-13-15-17-19-31-35-43-49-55-70(75)87-66(59-81-68(73)53-47-41-34-18-16-14-12-8-2)61-85-89(77,78)83-57-65(72)58-84-90(79,80)86-62-67(60-82-69(74)54-48-42-38-37-40-46-52-64(6)10-4)88-71(76)56-50-44-36-32-29-27-25-23-21-20-22-24-26-28-30-33-39-45-51-63(5)9-3/h63-67,72H,7-62H2,1-6H3,(H,77,78)(H,79,80)/t63?,64?,65-,66+,67+/m0/s1. The largest absolute Gasteiger partial charge is 0.472 e. The Labute approximate surface area is 549 Å². The predicted octanol–water partition coefficient (Wildman–Crippen LogP) is 20.4. The molecule has 0 radical (unpaired) electrons. The summed E-state index contributed by atoms with van der Waals surface area (Å²) in [6, 6.07) is 0. The maximum atomic E-state index is 13.0. The number of hydrogen-bond acceptors (Lipinski definition) is 15. The normalized spacial score (nSPS) is 14.7. The lowest BCUT2D eigenvalue weighted by molar-refractivity contribution is -0.161. The van der Waals surface area contributed by atoms with Gasteiger partial charge in [0.1, 0.15) is 19.3 Å². The molecule has 0 amide bonds. The topological polar surface area (TPSA) is 237 Å². The third-order valence-corrected chi connectivity index (χ3v) is 19.1. The fourth-order valence-corrected chi connectivity index (χ4v) is 12.3. The number of carbonyl (C=O) groups excluding carboxylic acids is 4. The zero-order chi connectivity index (χ0) is 66.5. The molecular weight excluding hydrogens is 1190 g/mol. The number of phosphoric ester groups is 2. The molecule has 0 fully saturated rings. The number of ether oxygens (including phenoxy) is 4. The van der Waals surface area contributed by atoms with Crippen LogP contribution < -0.4 is 0 Å². The zero-order valence-electron chi connectivity index (χ0n) is 58.4. The molecule has 90 heavy (non-hydrogen) atoms. The second-order valence-corrected chi connectivity index (χ2v) is 29.0. The lowest BCUT2D eigenvalue weighted by atomic mass is 9.99. The molecule has 0 rings (SSSR count). The van der Waals surface area contributed by atoms with Crippen LogP contribution in [0.3, 0.4) is 0 Å². The summed E-state index contributed by atoms with van der Waals surface area (Å²) >= 11 is 0.